The Labute approximate surface area is 133 Å². The minimum atomic E-state index is -0.194. The molecule has 2 aromatic rings. The Morgan fingerprint density at radius 2 is 2.00 bits per heavy atom. The van der Waals surface area contributed by atoms with Gasteiger partial charge in [-0.15, -0.1) is 10.2 Å². The van der Waals surface area contributed by atoms with Crippen LogP contribution in [0.15, 0.2) is 18.2 Å². The number of halogens is 1. The van der Waals surface area contributed by atoms with Crippen molar-refractivity contribution in [3.63, 3.8) is 0 Å². The van der Waals surface area contributed by atoms with E-state index in [1.165, 1.54) is 23.0 Å². The van der Waals surface area contributed by atoms with Gasteiger partial charge in [0.05, 0.1) is 0 Å². The summed E-state index contributed by atoms with van der Waals surface area (Å²) in [5.41, 5.74) is 2.18. The fraction of sp³-hybridized carbons (Fsp3) is 0.438. The van der Waals surface area contributed by atoms with Gasteiger partial charge in [-0.05, 0) is 55.9 Å². The molecular formula is C16H18FN3OS. The van der Waals surface area contributed by atoms with Crippen molar-refractivity contribution in [1.29, 1.82) is 0 Å². The zero-order chi connectivity index (χ0) is 15.7. The van der Waals surface area contributed by atoms with E-state index in [-0.39, 0.29) is 11.7 Å². The molecule has 0 spiro atoms. The molecule has 116 valence electrons. The monoisotopic (exact) mass is 319 g/mol. The highest BCUT2D eigenvalue weighted by molar-refractivity contribution is 7.13. The molecule has 0 radical (unpaired) electrons. The summed E-state index contributed by atoms with van der Waals surface area (Å²) < 4.78 is 13.2. The minimum absolute atomic E-state index is 0.0279. The average Bonchev–Trinajstić information content (AvgIpc) is 2.93. The summed E-state index contributed by atoms with van der Waals surface area (Å²) >= 11 is 1.34. The molecule has 0 N–H and O–H groups in total. The lowest BCUT2D eigenvalue weighted by atomic mass is 9.87. The molecule has 22 heavy (non-hydrogen) atoms. The number of rotatable bonds is 2. The molecule has 1 aromatic carbocycles. The summed E-state index contributed by atoms with van der Waals surface area (Å²) in [4.78, 5) is 14.2. The zero-order valence-electron chi connectivity index (χ0n) is 12.7. The molecule has 0 bridgehead atoms. The molecule has 1 saturated heterocycles. The molecule has 1 amide bonds. The second-order valence-electron chi connectivity index (χ2n) is 5.69. The highest BCUT2D eigenvalue weighted by Gasteiger charge is 2.27. The molecule has 0 saturated carbocycles. The van der Waals surface area contributed by atoms with Crippen LogP contribution >= 0.6 is 11.3 Å². The summed E-state index contributed by atoms with van der Waals surface area (Å²) in [6.45, 7) is 5.20. The summed E-state index contributed by atoms with van der Waals surface area (Å²) in [7, 11) is 0. The number of piperidine rings is 1. The third-order valence-electron chi connectivity index (χ3n) is 4.16. The van der Waals surface area contributed by atoms with Crippen LogP contribution in [0.4, 0.5) is 4.39 Å². The maximum Gasteiger partial charge on any atom is 0.284 e. The number of amides is 1. The Morgan fingerprint density at radius 1 is 1.27 bits per heavy atom. The topological polar surface area (TPSA) is 46.1 Å². The van der Waals surface area contributed by atoms with Crippen LogP contribution in [0.1, 0.15) is 44.7 Å². The van der Waals surface area contributed by atoms with Crippen LogP contribution in [0.2, 0.25) is 0 Å². The van der Waals surface area contributed by atoms with E-state index in [2.05, 4.69) is 10.2 Å². The first-order valence-electron chi connectivity index (χ1n) is 7.40. The molecule has 0 aliphatic carbocycles. The van der Waals surface area contributed by atoms with Crippen molar-refractivity contribution < 1.29 is 9.18 Å². The van der Waals surface area contributed by atoms with Crippen molar-refractivity contribution in [2.75, 3.05) is 13.1 Å². The van der Waals surface area contributed by atoms with Crippen LogP contribution in [0.5, 0.6) is 0 Å². The Morgan fingerprint density at radius 3 is 2.59 bits per heavy atom. The van der Waals surface area contributed by atoms with Crippen LogP contribution in [-0.2, 0) is 0 Å². The molecule has 6 heteroatoms. The predicted octanol–water partition coefficient (Wildman–Crippen LogP) is 3.31. The largest absolute Gasteiger partial charge is 0.336 e. The lowest BCUT2D eigenvalue weighted by Gasteiger charge is -2.32. The second kappa shape index (κ2) is 6.12. The number of hydrogen-bond acceptors (Lipinski definition) is 4. The van der Waals surface area contributed by atoms with Gasteiger partial charge in [-0.1, -0.05) is 17.4 Å². The quantitative estimate of drug-likeness (QED) is 0.853. The Balaban J connectivity index is 1.66. The minimum Gasteiger partial charge on any atom is -0.336 e. The molecule has 1 fully saturated rings. The Bertz CT molecular complexity index is 692. The van der Waals surface area contributed by atoms with Crippen LogP contribution in [0.3, 0.4) is 0 Å². The van der Waals surface area contributed by atoms with E-state index >= 15 is 0 Å². The smallest absolute Gasteiger partial charge is 0.284 e. The van der Waals surface area contributed by atoms with E-state index in [1.807, 2.05) is 24.8 Å². The zero-order valence-corrected chi connectivity index (χ0v) is 13.5. The molecule has 0 unspecified atom stereocenters. The normalized spacial score (nSPS) is 16.0. The van der Waals surface area contributed by atoms with Gasteiger partial charge in [-0.25, -0.2) is 4.39 Å². The Kier molecular flexibility index (Phi) is 4.20. The maximum absolute atomic E-state index is 13.2. The second-order valence-corrected chi connectivity index (χ2v) is 6.88. The SMILES string of the molecule is Cc1nnc(C(=O)N2CCC(c3ccc(F)cc3C)CC2)s1. The molecule has 3 rings (SSSR count). The third kappa shape index (κ3) is 3.02. The lowest BCUT2D eigenvalue weighted by molar-refractivity contribution is 0.0711. The van der Waals surface area contributed by atoms with Gasteiger partial charge in [0, 0.05) is 13.1 Å². The highest BCUT2D eigenvalue weighted by atomic mass is 32.1. The van der Waals surface area contributed by atoms with Gasteiger partial charge in [-0.2, -0.15) is 0 Å². The van der Waals surface area contributed by atoms with Gasteiger partial charge in [-0.3, -0.25) is 4.79 Å². The van der Waals surface area contributed by atoms with Crippen LogP contribution in [0, 0.1) is 19.7 Å². The molecule has 2 heterocycles. The van der Waals surface area contributed by atoms with Gasteiger partial charge in [0.2, 0.25) is 5.01 Å². The van der Waals surface area contributed by atoms with Crippen molar-refractivity contribution in [3.05, 3.63) is 45.2 Å². The number of hydrogen-bond donors (Lipinski definition) is 0. The van der Waals surface area contributed by atoms with Crippen molar-refractivity contribution in [3.8, 4) is 0 Å². The van der Waals surface area contributed by atoms with E-state index in [0.717, 1.165) is 23.4 Å². The van der Waals surface area contributed by atoms with E-state index in [1.54, 1.807) is 6.07 Å². The van der Waals surface area contributed by atoms with E-state index in [0.29, 0.717) is 24.0 Å². The lowest BCUT2D eigenvalue weighted by Crippen LogP contribution is -2.38. The summed E-state index contributed by atoms with van der Waals surface area (Å²) in [5, 5.41) is 9.10. The maximum atomic E-state index is 13.2. The van der Waals surface area contributed by atoms with Crippen LogP contribution in [-0.4, -0.2) is 34.1 Å². The number of carbonyl (C=O) groups is 1. The predicted molar refractivity (Wildman–Crippen MR) is 83.7 cm³/mol. The number of likely N-dealkylation sites (tertiary alicyclic amines) is 1. The van der Waals surface area contributed by atoms with E-state index in [4.69, 9.17) is 0 Å². The molecule has 4 nitrogen and oxygen atoms in total. The summed E-state index contributed by atoms with van der Waals surface area (Å²) in [6, 6.07) is 4.97. The number of aryl methyl sites for hydroxylation is 2. The van der Waals surface area contributed by atoms with Crippen molar-refractivity contribution in [1.82, 2.24) is 15.1 Å². The Hall–Kier alpha value is -1.82. The molecule has 0 atom stereocenters. The number of benzene rings is 1. The third-order valence-corrected chi connectivity index (χ3v) is 4.99. The van der Waals surface area contributed by atoms with Gasteiger partial charge >= 0.3 is 0 Å². The first-order valence-corrected chi connectivity index (χ1v) is 8.21. The molecule has 1 aromatic heterocycles. The highest BCUT2D eigenvalue weighted by Crippen LogP contribution is 2.31. The van der Waals surface area contributed by atoms with E-state index in [9.17, 15) is 9.18 Å². The fourth-order valence-electron chi connectivity index (χ4n) is 3.01. The number of carbonyl (C=O) groups excluding carboxylic acids is 1. The van der Waals surface area contributed by atoms with Gasteiger partial charge < -0.3 is 4.90 Å². The van der Waals surface area contributed by atoms with Crippen molar-refractivity contribution in [2.45, 2.75) is 32.6 Å². The molecular weight excluding hydrogens is 301 g/mol. The average molecular weight is 319 g/mol. The number of aromatic nitrogens is 2. The molecule has 1 aliphatic heterocycles. The van der Waals surface area contributed by atoms with Crippen LogP contribution < -0.4 is 0 Å². The first-order chi connectivity index (χ1) is 10.5. The van der Waals surface area contributed by atoms with Crippen molar-refractivity contribution >= 4 is 17.2 Å². The van der Waals surface area contributed by atoms with Crippen molar-refractivity contribution in [2.24, 2.45) is 0 Å². The van der Waals surface area contributed by atoms with E-state index < -0.39 is 0 Å². The van der Waals surface area contributed by atoms with Crippen LogP contribution in [0.25, 0.3) is 0 Å². The molecule has 1 aliphatic rings. The summed E-state index contributed by atoms with van der Waals surface area (Å²) in [5.74, 6) is 0.168. The van der Waals surface area contributed by atoms with Gasteiger partial charge in [0.25, 0.3) is 5.91 Å². The first kappa shape index (κ1) is 15.1. The van der Waals surface area contributed by atoms with Gasteiger partial charge in [0.15, 0.2) is 0 Å². The van der Waals surface area contributed by atoms with Gasteiger partial charge in [0.1, 0.15) is 10.8 Å². The number of nitrogens with zero attached hydrogens (tertiary/aromatic N) is 3. The summed E-state index contributed by atoms with van der Waals surface area (Å²) in [6.07, 6.45) is 1.80. The fourth-order valence-corrected chi connectivity index (χ4v) is 3.67. The standard InChI is InChI=1S/C16H18FN3OS/c1-10-9-13(17)3-4-14(10)12-5-7-20(8-6-12)16(21)15-19-18-11(2)22-15/h3-4,9,12H,5-8H2,1-2H3.